The molecule has 1 N–H and O–H groups in total. The number of halogens is 6. The molecule has 0 saturated heterocycles. The molecular weight excluding hydrogens is 612 g/mol. The molecular formula is C30H34F6OSb. The predicted octanol–water partition coefficient (Wildman–Crippen LogP) is 6.69. The van der Waals surface area contributed by atoms with Crippen molar-refractivity contribution in [1.29, 1.82) is 0 Å². The Kier molecular flexibility index (Phi) is 7.95. The van der Waals surface area contributed by atoms with Crippen LogP contribution in [0.3, 0.4) is 0 Å². The van der Waals surface area contributed by atoms with E-state index in [1.165, 1.54) is 12.1 Å². The van der Waals surface area contributed by atoms with Crippen LogP contribution in [0.1, 0.15) is 58.2 Å². The zero-order valence-corrected chi connectivity index (χ0v) is 25.1. The van der Waals surface area contributed by atoms with Crippen molar-refractivity contribution in [3.63, 3.8) is 0 Å². The van der Waals surface area contributed by atoms with Gasteiger partial charge in [-0.1, -0.05) is 0 Å². The second kappa shape index (κ2) is 9.89. The van der Waals surface area contributed by atoms with Crippen molar-refractivity contribution in [2.75, 3.05) is 0 Å². The average molecular weight is 646 g/mol. The van der Waals surface area contributed by atoms with Crippen LogP contribution in [0.2, 0.25) is 4.87 Å². The SMILES string of the molecule is CC(C)(C)c1cc[c]([Sb]([CH3])([c]2ccc(C(C)(C)C)cc2)[c]2ccccc2C(O)(C(F)(F)F)C(F)(F)F)cc1. The molecule has 0 spiro atoms. The first-order chi connectivity index (χ1) is 17.1. The van der Waals surface area contributed by atoms with Crippen molar-refractivity contribution < 1.29 is 31.4 Å². The fourth-order valence-corrected chi connectivity index (χ4v) is 14.4. The fraction of sp³-hybridized carbons (Fsp3) is 0.400. The predicted molar refractivity (Wildman–Crippen MR) is 143 cm³/mol. The quantitative estimate of drug-likeness (QED) is 0.248. The molecule has 0 aliphatic carbocycles. The molecule has 3 rings (SSSR count). The van der Waals surface area contributed by atoms with Crippen LogP contribution in [0.5, 0.6) is 0 Å². The van der Waals surface area contributed by atoms with Crippen LogP contribution in [0.15, 0.2) is 72.8 Å². The molecule has 0 atom stereocenters. The molecule has 0 aliphatic rings. The van der Waals surface area contributed by atoms with Crippen LogP contribution in [0.25, 0.3) is 0 Å². The summed E-state index contributed by atoms with van der Waals surface area (Å²) in [5.41, 5.74) is -4.57. The average Bonchev–Trinajstić information content (AvgIpc) is 2.80. The van der Waals surface area contributed by atoms with E-state index in [0.717, 1.165) is 23.3 Å². The number of hydrogen-bond donors (Lipinski definition) is 1. The molecule has 0 unspecified atom stereocenters. The third kappa shape index (κ3) is 5.38. The summed E-state index contributed by atoms with van der Waals surface area (Å²) in [5, 5.41) is 10.5. The van der Waals surface area contributed by atoms with E-state index >= 15 is 0 Å². The standard InChI is InChI=1S/2C10H13.C9H5F6O.CH3.Sb/c2*1-10(2,3)9-7-5-4-6-8-9;10-8(11,12)7(16,9(13,14)15)6-4-2-1-3-5-6;;/h2*5-8H,1-3H3;1-4,16H;1H3;. The van der Waals surface area contributed by atoms with Crippen molar-refractivity contribution >= 4 is 29.3 Å². The summed E-state index contributed by atoms with van der Waals surface area (Å²) in [4.78, 5) is 1.79. The Bertz CT molecular complexity index is 1190. The van der Waals surface area contributed by atoms with Gasteiger partial charge in [-0.25, -0.2) is 0 Å². The van der Waals surface area contributed by atoms with Crippen molar-refractivity contribution in [2.45, 2.75) is 75.2 Å². The van der Waals surface area contributed by atoms with E-state index in [0.29, 0.717) is 7.02 Å². The van der Waals surface area contributed by atoms with E-state index in [1.807, 2.05) is 90.1 Å². The topological polar surface area (TPSA) is 20.2 Å². The van der Waals surface area contributed by atoms with Gasteiger partial charge in [-0.05, 0) is 0 Å². The summed E-state index contributed by atoms with van der Waals surface area (Å²) in [6.45, 7) is 12.1. The summed E-state index contributed by atoms with van der Waals surface area (Å²) < 4.78 is 85.8. The van der Waals surface area contributed by atoms with Crippen molar-refractivity contribution in [1.82, 2.24) is 0 Å². The van der Waals surface area contributed by atoms with Gasteiger partial charge in [0, 0.05) is 0 Å². The van der Waals surface area contributed by atoms with Gasteiger partial charge >= 0.3 is 225 Å². The van der Waals surface area contributed by atoms with Gasteiger partial charge in [0.25, 0.3) is 0 Å². The first-order valence-corrected chi connectivity index (χ1v) is 18.6. The number of alkyl halides is 6. The van der Waals surface area contributed by atoms with Crippen molar-refractivity contribution in [3.8, 4) is 0 Å². The van der Waals surface area contributed by atoms with E-state index in [1.54, 1.807) is 4.87 Å². The Balaban J connectivity index is 2.41. The molecule has 1 radical (unpaired) electrons. The zero-order chi connectivity index (χ0) is 28.9. The van der Waals surface area contributed by atoms with E-state index in [9.17, 15) is 31.4 Å². The van der Waals surface area contributed by atoms with Crippen LogP contribution in [-0.2, 0) is 16.4 Å². The van der Waals surface area contributed by atoms with E-state index in [2.05, 4.69) is 0 Å². The van der Waals surface area contributed by atoms with E-state index in [4.69, 9.17) is 0 Å². The molecule has 3 aromatic rings. The first-order valence-electron chi connectivity index (χ1n) is 12.2. The van der Waals surface area contributed by atoms with Crippen LogP contribution in [-0.4, -0.2) is 36.3 Å². The molecule has 0 heterocycles. The van der Waals surface area contributed by atoms with Crippen molar-refractivity contribution in [3.05, 3.63) is 89.5 Å². The van der Waals surface area contributed by atoms with Gasteiger partial charge in [-0.15, -0.1) is 0 Å². The van der Waals surface area contributed by atoms with Gasteiger partial charge < -0.3 is 0 Å². The molecule has 8 heteroatoms. The monoisotopic (exact) mass is 645 g/mol. The van der Waals surface area contributed by atoms with Gasteiger partial charge in [-0.2, -0.15) is 0 Å². The molecule has 0 saturated carbocycles. The van der Waals surface area contributed by atoms with Gasteiger partial charge in [0.15, 0.2) is 0 Å². The maximum absolute atomic E-state index is 14.1. The second-order valence-electron chi connectivity index (χ2n) is 11.8. The van der Waals surface area contributed by atoms with Crippen LogP contribution in [0, 0.1) is 0 Å². The van der Waals surface area contributed by atoms with Crippen LogP contribution < -0.4 is 10.5 Å². The van der Waals surface area contributed by atoms with E-state index in [-0.39, 0.29) is 14.3 Å². The normalized spacial score (nSPS) is 14.1. The Morgan fingerprint density at radius 2 is 0.895 bits per heavy atom. The summed E-state index contributed by atoms with van der Waals surface area (Å²) in [6, 6.07) is 19.4. The van der Waals surface area contributed by atoms with Crippen molar-refractivity contribution in [2.24, 2.45) is 0 Å². The van der Waals surface area contributed by atoms with Gasteiger partial charge in [0.2, 0.25) is 0 Å². The molecule has 0 amide bonds. The minimum atomic E-state index is -5.97. The number of benzene rings is 3. The second-order valence-corrected chi connectivity index (χ2v) is 21.9. The molecule has 3 aromatic carbocycles. The Hall–Kier alpha value is -1.98. The molecule has 0 aliphatic heterocycles. The number of hydrogen-bond acceptors (Lipinski definition) is 1. The Morgan fingerprint density at radius 1 is 0.553 bits per heavy atom. The van der Waals surface area contributed by atoms with Gasteiger partial charge in [-0.3, -0.25) is 0 Å². The summed E-state index contributed by atoms with van der Waals surface area (Å²) in [5.74, 6) is 0. The van der Waals surface area contributed by atoms with E-state index < -0.39 is 42.3 Å². The third-order valence-corrected chi connectivity index (χ3v) is 18.6. The Morgan fingerprint density at radius 3 is 1.21 bits per heavy atom. The Labute approximate surface area is 224 Å². The number of rotatable bonds is 4. The maximum atomic E-state index is 14.1. The minimum absolute atomic E-state index is 0.0878. The zero-order valence-electron chi connectivity index (χ0n) is 22.6. The number of aliphatic hydroxyl groups is 1. The molecule has 0 fully saturated rings. The van der Waals surface area contributed by atoms with Gasteiger partial charge in [0.1, 0.15) is 0 Å². The van der Waals surface area contributed by atoms with Crippen LogP contribution in [0.4, 0.5) is 26.3 Å². The molecule has 207 valence electrons. The summed E-state index contributed by atoms with van der Waals surface area (Å²) in [7, 11) is 0. The molecule has 0 bridgehead atoms. The molecule has 38 heavy (non-hydrogen) atoms. The molecule has 1 nitrogen and oxygen atoms in total. The molecule has 0 aromatic heterocycles. The van der Waals surface area contributed by atoms with Crippen LogP contribution >= 0.6 is 0 Å². The third-order valence-electron chi connectivity index (χ3n) is 7.10. The summed E-state index contributed by atoms with van der Waals surface area (Å²) in [6.07, 6.45) is -11.9. The van der Waals surface area contributed by atoms with Gasteiger partial charge in [0.05, 0.1) is 0 Å². The fourth-order valence-electron chi connectivity index (χ4n) is 4.58. The summed E-state index contributed by atoms with van der Waals surface area (Å²) >= 11 is -4.42. The first kappa shape index (κ1) is 30.6.